The highest BCUT2D eigenvalue weighted by atomic mass is 32.2. The smallest absolute Gasteiger partial charge is 0.266 e. The zero-order valence-electron chi connectivity index (χ0n) is 16.9. The molecule has 2 heterocycles. The molecule has 6 heteroatoms. The fourth-order valence-electron chi connectivity index (χ4n) is 4.13. The van der Waals surface area contributed by atoms with Gasteiger partial charge >= 0.3 is 0 Å². The molecule has 4 rings (SSSR count). The van der Waals surface area contributed by atoms with E-state index in [2.05, 4.69) is 48.2 Å². The summed E-state index contributed by atoms with van der Waals surface area (Å²) in [5, 5.41) is 1.22. The van der Waals surface area contributed by atoms with Crippen molar-refractivity contribution in [3.05, 3.63) is 58.0 Å². The maximum absolute atomic E-state index is 13.0. The van der Waals surface area contributed by atoms with Gasteiger partial charge < -0.3 is 4.90 Å². The zero-order chi connectivity index (χ0) is 20.4. The fraction of sp³-hybridized carbons (Fsp3) is 0.391. The van der Waals surface area contributed by atoms with Gasteiger partial charge in [0.25, 0.3) is 5.91 Å². The van der Waals surface area contributed by atoms with E-state index in [0.29, 0.717) is 6.04 Å². The highest BCUT2D eigenvalue weighted by Crippen LogP contribution is 2.45. The number of rotatable bonds is 4. The number of para-hydroxylation sites is 1. The van der Waals surface area contributed by atoms with Crippen molar-refractivity contribution in [2.75, 3.05) is 11.4 Å². The summed E-state index contributed by atoms with van der Waals surface area (Å²) in [6, 6.07) is 8.78. The van der Waals surface area contributed by atoms with Crippen LogP contribution in [0.1, 0.15) is 46.0 Å². The van der Waals surface area contributed by atoms with Gasteiger partial charge in [-0.25, -0.2) is 0 Å². The van der Waals surface area contributed by atoms with Gasteiger partial charge in [0.2, 0.25) is 0 Å². The molecule has 1 saturated heterocycles. The van der Waals surface area contributed by atoms with E-state index < -0.39 is 0 Å². The number of hydrogen-bond donors (Lipinski definition) is 0. The van der Waals surface area contributed by atoms with Crippen molar-refractivity contribution < 1.29 is 4.79 Å². The van der Waals surface area contributed by atoms with Crippen LogP contribution in [0.15, 0.2) is 62.9 Å². The van der Waals surface area contributed by atoms with E-state index in [0.717, 1.165) is 34.2 Å². The highest BCUT2D eigenvalue weighted by Gasteiger charge is 2.38. The lowest BCUT2D eigenvalue weighted by Crippen LogP contribution is -2.39. The van der Waals surface area contributed by atoms with Crippen LogP contribution in [0.2, 0.25) is 0 Å². The molecular formula is C23H26N2OS3. The van der Waals surface area contributed by atoms with Crippen LogP contribution >= 0.6 is 35.7 Å². The molecule has 0 N–H and O–H groups in total. The minimum atomic E-state index is 0.0968. The van der Waals surface area contributed by atoms with Crippen molar-refractivity contribution in [3.8, 4) is 0 Å². The lowest BCUT2D eigenvalue weighted by Gasteiger charge is -2.29. The van der Waals surface area contributed by atoms with E-state index in [9.17, 15) is 4.79 Å². The second kappa shape index (κ2) is 9.11. The summed E-state index contributed by atoms with van der Waals surface area (Å²) in [7, 11) is 0. The lowest BCUT2D eigenvalue weighted by molar-refractivity contribution is -0.124. The highest BCUT2D eigenvalue weighted by molar-refractivity contribution is 8.26. The molecule has 2 fully saturated rings. The number of amides is 1. The average molecular weight is 443 g/mol. The van der Waals surface area contributed by atoms with E-state index in [4.69, 9.17) is 12.2 Å². The third-order valence-corrected chi connectivity index (χ3v) is 8.28. The van der Waals surface area contributed by atoms with Gasteiger partial charge in [-0.2, -0.15) is 0 Å². The molecule has 0 atom stereocenters. The number of carbonyl (C=O) groups excluding carboxylic acids is 1. The molecular weight excluding hydrogens is 416 g/mol. The lowest BCUT2D eigenvalue weighted by atomic mass is 9.94. The molecule has 152 valence electrons. The van der Waals surface area contributed by atoms with Crippen molar-refractivity contribution in [1.29, 1.82) is 0 Å². The van der Waals surface area contributed by atoms with Crippen molar-refractivity contribution in [3.63, 3.8) is 0 Å². The number of thiocarbonyl (C=S) groups is 1. The number of benzene rings is 1. The summed E-state index contributed by atoms with van der Waals surface area (Å²) in [6.07, 6.45) is 12.0. The molecule has 0 radical (unpaired) electrons. The summed E-state index contributed by atoms with van der Waals surface area (Å²) in [5.41, 5.74) is 2.26. The van der Waals surface area contributed by atoms with Crippen molar-refractivity contribution in [2.45, 2.75) is 56.9 Å². The molecule has 1 saturated carbocycles. The topological polar surface area (TPSA) is 23.6 Å². The molecule has 1 aliphatic carbocycles. The first-order valence-corrected chi connectivity index (χ1v) is 12.3. The third kappa shape index (κ3) is 4.21. The van der Waals surface area contributed by atoms with Crippen molar-refractivity contribution in [2.24, 2.45) is 0 Å². The minimum absolute atomic E-state index is 0.0968. The van der Waals surface area contributed by atoms with Crippen LogP contribution in [0.5, 0.6) is 0 Å². The number of hydrogen-bond acceptors (Lipinski definition) is 5. The average Bonchev–Trinajstić information content (AvgIpc) is 3.24. The van der Waals surface area contributed by atoms with Gasteiger partial charge in [0.1, 0.15) is 4.32 Å². The Kier molecular flexibility index (Phi) is 6.52. The van der Waals surface area contributed by atoms with Crippen LogP contribution in [0.25, 0.3) is 0 Å². The maximum atomic E-state index is 13.0. The van der Waals surface area contributed by atoms with Gasteiger partial charge in [-0.1, -0.05) is 79.3 Å². The maximum Gasteiger partial charge on any atom is 0.266 e. The predicted molar refractivity (Wildman–Crippen MR) is 129 cm³/mol. The number of thioether (sulfide) groups is 2. The van der Waals surface area contributed by atoms with Crippen molar-refractivity contribution >= 4 is 51.7 Å². The molecule has 1 aromatic carbocycles. The number of allylic oxidation sites excluding steroid dienone is 4. The van der Waals surface area contributed by atoms with E-state index in [-0.39, 0.29) is 5.91 Å². The molecule has 29 heavy (non-hydrogen) atoms. The second-order valence-electron chi connectivity index (χ2n) is 7.53. The zero-order valence-corrected chi connectivity index (χ0v) is 19.3. The molecule has 1 aromatic rings. The van der Waals surface area contributed by atoms with E-state index in [1.54, 1.807) is 11.8 Å². The van der Waals surface area contributed by atoms with E-state index >= 15 is 0 Å². The van der Waals surface area contributed by atoms with Gasteiger partial charge in [-0.3, -0.25) is 9.69 Å². The molecule has 0 unspecified atom stereocenters. The SMILES string of the molecule is CCN1C(=CC=CC(C)=C2SC(=S)N(C3CCCCC3)C2=O)Sc2ccccc21. The summed E-state index contributed by atoms with van der Waals surface area (Å²) >= 11 is 8.81. The number of fused-ring (bicyclic) bond motifs is 1. The normalized spacial score (nSPS) is 23.6. The predicted octanol–water partition coefficient (Wildman–Crippen LogP) is 6.48. The Morgan fingerprint density at radius 3 is 2.72 bits per heavy atom. The summed E-state index contributed by atoms with van der Waals surface area (Å²) < 4.78 is 0.724. The summed E-state index contributed by atoms with van der Waals surface area (Å²) in [5.74, 6) is 0.0968. The van der Waals surface area contributed by atoms with Crippen molar-refractivity contribution in [1.82, 2.24) is 4.90 Å². The van der Waals surface area contributed by atoms with Crippen LogP contribution in [0.4, 0.5) is 5.69 Å². The standard InChI is InChI=1S/C23H26N2OS3/c1-3-24-18-13-7-8-14-19(18)28-20(24)15-9-10-16(2)21-22(26)25(23(27)29-21)17-11-5-4-6-12-17/h7-10,13-15,17H,3-6,11-12H2,1-2H3. The van der Waals surface area contributed by atoms with Gasteiger partial charge in [0, 0.05) is 17.5 Å². The van der Waals surface area contributed by atoms with Gasteiger partial charge in [0.15, 0.2) is 0 Å². The Balaban J connectivity index is 1.50. The summed E-state index contributed by atoms with van der Waals surface area (Å²) in [4.78, 5) is 19.3. The number of carbonyl (C=O) groups is 1. The van der Waals surface area contributed by atoms with Crippen LogP contribution in [-0.4, -0.2) is 27.7 Å². The summed E-state index contributed by atoms with van der Waals surface area (Å²) in [6.45, 7) is 5.11. The fourth-order valence-corrected chi connectivity index (χ4v) is 6.67. The largest absolute Gasteiger partial charge is 0.335 e. The first kappa shape index (κ1) is 20.8. The first-order valence-electron chi connectivity index (χ1n) is 10.3. The molecule has 3 nitrogen and oxygen atoms in total. The Morgan fingerprint density at radius 1 is 1.21 bits per heavy atom. The number of nitrogens with zero attached hydrogens (tertiary/aromatic N) is 2. The second-order valence-corrected chi connectivity index (χ2v) is 10.2. The quantitative estimate of drug-likeness (QED) is 0.392. The van der Waals surface area contributed by atoms with E-state index in [1.807, 2.05) is 17.9 Å². The minimum Gasteiger partial charge on any atom is -0.335 e. The van der Waals surface area contributed by atoms with Crippen LogP contribution < -0.4 is 4.90 Å². The molecule has 1 amide bonds. The molecule has 0 bridgehead atoms. The van der Waals surface area contributed by atoms with Gasteiger partial charge in [0.05, 0.1) is 15.6 Å². The first-order chi connectivity index (χ1) is 14.1. The Labute approximate surface area is 187 Å². The van der Waals surface area contributed by atoms with Crippen LogP contribution in [-0.2, 0) is 4.79 Å². The van der Waals surface area contributed by atoms with E-state index in [1.165, 1.54) is 46.6 Å². The van der Waals surface area contributed by atoms with Gasteiger partial charge in [-0.05, 0) is 50.5 Å². The molecule has 2 aliphatic heterocycles. The van der Waals surface area contributed by atoms with Gasteiger partial charge in [-0.15, -0.1) is 0 Å². The molecule has 0 spiro atoms. The Bertz CT molecular complexity index is 912. The van der Waals surface area contributed by atoms with Crippen LogP contribution in [0, 0.1) is 0 Å². The molecule has 3 aliphatic rings. The molecule has 0 aromatic heterocycles. The Morgan fingerprint density at radius 2 is 1.97 bits per heavy atom. The number of anilines is 1. The third-order valence-electron chi connectivity index (χ3n) is 5.63. The Hall–Kier alpha value is -1.50. The van der Waals surface area contributed by atoms with Crippen LogP contribution in [0.3, 0.4) is 0 Å². The monoisotopic (exact) mass is 442 g/mol.